The molecule has 0 aromatic heterocycles. The van der Waals surface area contributed by atoms with Crippen molar-refractivity contribution in [1.82, 2.24) is 47.9 Å². The van der Waals surface area contributed by atoms with Crippen LogP contribution < -0.4 is 67.8 Å². The molecule has 6 fully saturated rings. The molecule has 34 nitrogen and oxygen atoms in total. The minimum absolute atomic E-state index is 0.0622. The highest BCUT2D eigenvalue weighted by atomic mass is 35.5. The molecule has 11 aliphatic rings. The third-order valence-electron chi connectivity index (χ3n) is 24.8. The molecular formula is C86H108Cl2N10O24. The van der Waals surface area contributed by atoms with Crippen molar-refractivity contribution in [3.63, 3.8) is 0 Å². The zero-order valence-electron chi connectivity index (χ0n) is 68.5. The van der Waals surface area contributed by atoms with Crippen LogP contribution in [0.2, 0.25) is 10.0 Å². The molecule has 15 bridgehead atoms. The van der Waals surface area contributed by atoms with Crippen molar-refractivity contribution in [2.24, 2.45) is 41.2 Å². The van der Waals surface area contributed by atoms with Crippen LogP contribution >= 0.6 is 23.2 Å². The van der Waals surface area contributed by atoms with Crippen LogP contribution in [0.5, 0.6) is 46.0 Å². The maximum Gasteiger partial charge on any atom is 0.248 e. The Morgan fingerprint density at radius 1 is 0.656 bits per heavy atom. The lowest BCUT2D eigenvalue weighted by Gasteiger charge is -2.54. The van der Waals surface area contributed by atoms with Gasteiger partial charge in [0.15, 0.2) is 23.9 Å². The summed E-state index contributed by atoms with van der Waals surface area (Å²) in [6.45, 7) is 9.36. The van der Waals surface area contributed by atoms with E-state index in [1.807, 2.05) is 20.8 Å². The molecule has 16 rings (SSSR count). The molecule has 122 heavy (non-hydrogen) atoms. The number of rotatable bonds is 21. The summed E-state index contributed by atoms with van der Waals surface area (Å²) < 4.78 is 39.1. The number of imide groups is 1. The van der Waals surface area contributed by atoms with E-state index in [9.17, 15) is 60.3 Å². The summed E-state index contributed by atoms with van der Waals surface area (Å²) in [5.74, 6) is -14.8. The van der Waals surface area contributed by atoms with Gasteiger partial charge in [-0.25, -0.2) is 0 Å². The van der Waals surface area contributed by atoms with Crippen molar-refractivity contribution in [3.05, 3.63) is 117 Å². The van der Waals surface area contributed by atoms with Gasteiger partial charge in [-0.1, -0.05) is 101 Å². The van der Waals surface area contributed by atoms with Gasteiger partial charge in [-0.15, -0.1) is 0 Å². The van der Waals surface area contributed by atoms with Crippen molar-refractivity contribution < 1.29 is 118 Å². The van der Waals surface area contributed by atoms with Gasteiger partial charge in [0.25, 0.3) is 0 Å². The zero-order valence-corrected chi connectivity index (χ0v) is 70.0. The maximum atomic E-state index is 16.6. The van der Waals surface area contributed by atoms with Gasteiger partial charge >= 0.3 is 0 Å². The fourth-order valence-electron chi connectivity index (χ4n) is 18.4. The molecule has 0 radical (unpaired) electrons. The second-order valence-electron chi connectivity index (χ2n) is 34.4. The molecule has 4 aliphatic carbocycles. The van der Waals surface area contributed by atoms with Gasteiger partial charge in [-0.3, -0.25) is 48.5 Å². The first-order valence-corrected chi connectivity index (χ1v) is 42.3. The number of aliphatic hydroxyl groups excluding tert-OH is 6. The van der Waals surface area contributed by atoms with E-state index in [0.717, 1.165) is 112 Å². The van der Waals surface area contributed by atoms with E-state index in [1.165, 1.54) is 45.2 Å². The Morgan fingerprint density at radius 2 is 1.27 bits per heavy atom. The minimum atomic E-state index is -2.39. The summed E-state index contributed by atoms with van der Waals surface area (Å²) in [5, 5.41) is 130. The number of amides is 9. The topological polar surface area (TPSA) is 525 Å². The van der Waals surface area contributed by atoms with Crippen LogP contribution in [0.4, 0.5) is 0 Å². The van der Waals surface area contributed by atoms with Crippen LogP contribution in [-0.4, -0.2) is 198 Å². The monoisotopic (exact) mass is 1730 g/mol. The molecule has 20 N–H and O–H groups in total. The Morgan fingerprint density at radius 3 is 1.89 bits per heavy atom. The fraction of sp³-hybridized carbons (Fsp3) is 0.547. The molecule has 36 heteroatoms. The van der Waals surface area contributed by atoms with Crippen LogP contribution in [0.25, 0.3) is 11.1 Å². The molecule has 7 heterocycles. The smallest absolute Gasteiger partial charge is 0.248 e. The molecule has 4 saturated carbocycles. The van der Waals surface area contributed by atoms with Crippen LogP contribution in [0.15, 0.2) is 78.9 Å². The van der Waals surface area contributed by atoms with E-state index in [2.05, 4.69) is 47.9 Å². The Balaban J connectivity index is 1.01. The number of phenols is 3. The minimum Gasteiger partial charge on any atom is -0.508 e. The molecule has 1 unspecified atom stereocenters. The standard InChI is InChI=1S/C86H108Cl2N10O24/c1-8-9-10-11-12-13-37(4)77(109)92-61(103)33-53-79(111)94-66-46-29-58(118-56-18-15-42(27-50(56)87)70(104)68(83(115)91-53)97-78(110)52(90-7)20-36(2)3)74(122-85-75(73(107)72(106)60(35-99)120-85)121-62-34-86(6,89)76(108)38(5)117-62)59(30-46)119-57-19-16-43(28-51(57)88)71(105)69-84(116)96-67(82(114)93-64-44-22-39-21-40(24-44)25-45(64)23-39)49-31-47(100)32-55(102)63(49)48-26-41(14-17-54(48)101)65(80(112)98-69)95-81(66)113/h14-19,26-32,36-40,44-45,52-53,60,62,64-73,75-76,85,90,99-102,104-108H,8-13,20-25,33-35,89H2,1-7H3,(H,91,115)(H,93,114)(H,94,111)(H,95,113)(H,96,116)(H,97,110)(H,98,112)(H,92,103,109)/t37?,38-,39?,40?,44?,45?,52+,53-,60+,62-,64?,65+,66+,67-,68+,69-,70+,71+,72+,73-,75+,76+,85-,86-/m0/s1. The highest BCUT2D eigenvalue weighted by Gasteiger charge is 2.53. The molecule has 2 saturated heterocycles. The maximum absolute atomic E-state index is 16.6. The Labute approximate surface area is 713 Å². The number of aromatic hydroxyl groups is 3. The second-order valence-corrected chi connectivity index (χ2v) is 35.2. The van der Waals surface area contributed by atoms with Crippen molar-refractivity contribution in [2.45, 2.75) is 247 Å². The number of halogens is 2. The number of hydrogen-bond donors (Lipinski definition) is 19. The summed E-state index contributed by atoms with van der Waals surface area (Å²) in [6.07, 6.45) is -9.74. The van der Waals surface area contributed by atoms with E-state index in [0.29, 0.717) is 24.7 Å². The predicted molar refractivity (Wildman–Crippen MR) is 437 cm³/mol. The fourth-order valence-corrected chi connectivity index (χ4v) is 18.8. The van der Waals surface area contributed by atoms with Gasteiger partial charge in [0.2, 0.25) is 65.2 Å². The van der Waals surface area contributed by atoms with Crippen molar-refractivity contribution in [1.29, 1.82) is 0 Å². The third kappa shape index (κ3) is 19.7. The molecule has 0 spiro atoms. The lowest BCUT2D eigenvalue weighted by Crippen LogP contribution is -2.64. The van der Waals surface area contributed by atoms with E-state index in [-0.39, 0.29) is 86.5 Å². The third-order valence-corrected chi connectivity index (χ3v) is 25.3. The van der Waals surface area contributed by atoms with Crippen LogP contribution in [0, 0.1) is 35.5 Å². The number of aliphatic hydroxyl groups is 6. The average molecular weight is 1740 g/mol. The Hall–Kier alpha value is -9.53. The number of carbonyl (C=O) groups excluding carboxylic acids is 9. The van der Waals surface area contributed by atoms with Gasteiger partial charge in [-0.2, -0.15) is 0 Å². The summed E-state index contributed by atoms with van der Waals surface area (Å²) in [6, 6.07) is 0.221. The van der Waals surface area contributed by atoms with Crippen LogP contribution in [0.3, 0.4) is 0 Å². The summed E-state index contributed by atoms with van der Waals surface area (Å²) in [5.41, 5.74) is 3.03. The lowest BCUT2D eigenvalue weighted by atomic mass is 9.54. The number of likely N-dealkylation sites (N-methyl/N-ethyl adjacent to an activating group) is 1. The highest BCUT2D eigenvalue weighted by Crippen LogP contribution is 2.55. The van der Waals surface area contributed by atoms with Gasteiger partial charge in [0.05, 0.1) is 41.3 Å². The SMILES string of the molecule is CCCCCCCC(C)C(=O)NC(=O)C[C@@H]1NC(=O)[C@H](NC(=O)[C@@H](CC(C)C)NC)[C@H](O)c2ccc(c(Cl)c2)Oc2cc3cc(c2O[C@@H]2O[C@H](CO)[C@@H](O)[C@H](O)[C@H]2O[C@H]2C[C@](C)(N)[C@H](O)[C@H](C)O2)Oc2ccc(cc2Cl)[C@@H](O)[C@@H]2NC(=O)[C@H](NC(=O)[C@@H]3NC1=O)c1ccc(O)c(c1)-c1c(O)cc(O)cc1[C@@H](C(=O)NC1C3CC4CC(C3)CC1C4)NC2=O. The number of fused-ring (bicyclic) bond motifs is 15. The Kier molecular flexibility index (Phi) is 28.0. The molecule has 5 aromatic carbocycles. The number of unbranched alkanes of at least 4 members (excludes halogenated alkanes) is 4. The first kappa shape index (κ1) is 90.2. The number of phenolic OH excluding ortho intramolecular Hbond substituents is 3. The number of ether oxygens (including phenoxy) is 6. The van der Waals surface area contributed by atoms with Gasteiger partial charge < -0.3 is 123 Å². The molecular weight excluding hydrogens is 1630 g/mol. The normalized spacial score (nSPS) is 31.1. The predicted octanol–water partition coefficient (Wildman–Crippen LogP) is 5.12. The summed E-state index contributed by atoms with van der Waals surface area (Å²) in [4.78, 5) is 139. The first-order chi connectivity index (χ1) is 58.0. The van der Waals surface area contributed by atoms with Crippen molar-refractivity contribution in [2.75, 3.05) is 13.7 Å². The second kappa shape index (κ2) is 37.9. The van der Waals surface area contributed by atoms with Gasteiger partial charge in [0.1, 0.15) is 95.5 Å². The van der Waals surface area contributed by atoms with Crippen molar-refractivity contribution >= 4 is 76.4 Å². The zero-order chi connectivity index (χ0) is 87.8. The largest absolute Gasteiger partial charge is 0.508 e. The summed E-state index contributed by atoms with van der Waals surface area (Å²) >= 11 is 14.5. The summed E-state index contributed by atoms with van der Waals surface area (Å²) in [7, 11) is 1.49. The molecule has 19 atom stereocenters. The number of hydrogen-bond acceptors (Lipinski definition) is 26. The van der Waals surface area contributed by atoms with Crippen LogP contribution in [0.1, 0.15) is 190 Å². The molecule has 5 aromatic rings. The van der Waals surface area contributed by atoms with E-state index < -0.39 is 226 Å². The molecule has 9 amide bonds. The number of nitrogens with one attached hydrogen (secondary N) is 9. The average Bonchev–Trinajstić information content (AvgIpc) is 0.741. The number of carbonyl (C=O) groups is 9. The lowest BCUT2D eigenvalue weighted by molar-refractivity contribution is -0.333. The van der Waals surface area contributed by atoms with E-state index >= 15 is 28.8 Å². The molecule has 7 aliphatic heterocycles. The quantitative estimate of drug-likeness (QED) is 0.0424. The number of nitrogens with two attached hydrogens (primary N) is 1. The van der Waals surface area contributed by atoms with E-state index in [4.69, 9.17) is 57.4 Å². The van der Waals surface area contributed by atoms with Crippen LogP contribution in [-0.2, 0) is 57.4 Å². The van der Waals surface area contributed by atoms with Crippen molar-refractivity contribution in [3.8, 4) is 57.1 Å². The van der Waals surface area contributed by atoms with Gasteiger partial charge in [-0.05, 0) is 178 Å². The Bertz CT molecular complexity index is 4760. The number of benzene rings is 5. The first-order valence-electron chi connectivity index (χ1n) is 41.6. The van der Waals surface area contributed by atoms with E-state index in [1.54, 1.807) is 6.92 Å². The molecule has 660 valence electrons. The van der Waals surface area contributed by atoms with Gasteiger partial charge in [0, 0.05) is 41.1 Å². The highest BCUT2D eigenvalue weighted by molar-refractivity contribution is 6.32.